The van der Waals surface area contributed by atoms with E-state index in [0.717, 1.165) is 29.5 Å². The van der Waals surface area contributed by atoms with Crippen LogP contribution in [0.2, 0.25) is 5.02 Å². The van der Waals surface area contributed by atoms with E-state index < -0.39 is 0 Å². The lowest BCUT2D eigenvalue weighted by Gasteiger charge is -2.26. The molecule has 0 unspecified atom stereocenters. The number of likely N-dealkylation sites (tertiary alicyclic amines) is 1. The van der Waals surface area contributed by atoms with E-state index in [1.54, 1.807) is 35.2 Å². The van der Waals surface area contributed by atoms with E-state index >= 15 is 0 Å². The van der Waals surface area contributed by atoms with Crippen molar-refractivity contribution in [2.24, 2.45) is 0 Å². The molecular weight excluding hydrogens is 533 g/mol. The van der Waals surface area contributed by atoms with Gasteiger partial charge in [0.05, 0.1) is 11.2 Å². The van der Waals surface area contributed by atoms with Gasteiger partial charge in [0.2, 0.25) is 12.7 Å². The molecule has 9 heteroatoms. The van der Waals surface area contributed by atoms with Crippen molar-refractivity contribution in [2.75, 3.05) is 26.4 Å². The number of carbonyl (C=O) groups is 2. The molecule has 1 saturated heterocycles. The van der Waals surface area contributed by atoms with Crippen molar-refractivity contribution in [1.82, 2.24) is 14.8 Å². The molecule has 40 heavy (non-hydrogen) atoms. The number of fused-ring (bicyclic) bond motifs is 2. The van der Waals surface area contributed by atoms with Crippen LogP contribution in [0.5, 0.6) is 11.5 Å². The number of hydrogen-bond acceptors (Lipinski definition) is 5. The van der Waals surface area contributed by atoms with E-state index in [9.17, 15) is 14.0 Å². The molecule has 1 fully saturated rings. The SMILES string of the molecule is O=C1CCCN1CCCN(Cc1cc2ccc(F)cc2nc1-c1cccc(Cl)c1)C(=O)c1ccc2c(c1)OCO2. The predicted octanol–water partition coefficient (Wildman–Crippen LogP) is 6.08. The molecule has 0 saturated carbocycles. The number of carbonyl (C=O) groups excluding carboxylic acids is 2. The summed E-state index contributed by atoms with van der Waals surface area (Å²) in [7, 11) is 0. The molecule has 0 atom stereocenters. The van der Waals surface area contributed by atoms with Gasteiger partial charge in [0.25, 0.3) is 5.91 Å². The van der Waals surface area contributed by atoms with Crippen molar-refractivity contribution in [3.63, 3.8) is 0 Å². The van der Waals surface area contributed by atoms with Crippen LogP contribution in [0, 0.1) is 5.82 Å². The monoisotopic (exact) mass is 559 g/mol. The third-order valence-electron chi connectivity index (χ3n) is 7.25. The second-order valence-electron chi connectivity index (χ2n) is 9.98. The normalized spacial score (nSPS) is 14.2. The number of ether oxygens (including phenoxy) is 2. The van der Waals surface area contributed by atoms with Crippen LogP contribution in [0.15, 0.2) is 66.7 Å². The van der Waals surface area contributed by atoms with E-state index in [1.165, 1.54) is 12.1 Å². The summed E-state index contributed by atoms with van der Waals surface area (Å²) < 4.78 is 25.0. The van der Waals surface area contributed by atoms with Gasteiger partial charge in [-0.25, -0.2) is 9.37 Å². The molecule has 2 aliphatic rings. The minimum Gasteiger partial charge on any atom is -0.454 e. The summed E-state index contributed by atoms with van der Waals surface area (Å²) in [5.74, 6) is 0.735. The molecule has 2 amide bonds. The fraction of sp³-hybridized carbons (Fsp3) is 0.258. The van der Waals surface area contributed by atoms with Crippen LogP contribution in [0.3, 0.4) is 0 Å². The van der Waals surface area contributed by atoms with Gasteiger partial charge in [-0.3, -0.25) is 9.59 Å². The molecule has 3 aromatic carbocycles. The van der Waals surface area contributed by atoms with Crippen molar-refractivity contribution in [3.05, 3.63) is 88.7 Å². The van der Waals surface area contributed by atoms with Crippen LogP contribution >= 0.6 is 11.6 Å². The van der Waals surface area contributed by atoms with Crippen LogP contribution in [-0.4, -0.2) is 53.0 Å². The van der Waals surface area contributed by atoms with E-state index in [0.29, 0.717) is 59.2 Å². The summed E-state index contributed by atoms with van der Waals surface area (Å²) >= 11 is 6.31. The third kappa shape index (κ3) is 5.45. The summed E-state index contributed by atoms with van der Waals surface area (Å²) in [6.45, 7) is 2.13. The zero-order valence-electron chi connectivity index (χ0n) is 21.7. The summed E-state index contributed by atoms with van der Waals surface area (Å²) in [5, 5.41) is 1.31. The summed E-state index contributed by atoms with van der Waals surface area (Å²) in [5.41, 5.74) is 3.18. The zero-order valence-corrected chi connectivity index (χ0v) is 22.5. The number of halogens is 2. The van der Waals surface area contributed by atoms with E-state index in [4.69, 9.17) is 26.1 Å². The van der Waals surface area contributed by atoms with Crippen LogP contribution < -0.4 is 9.47 Å². The van der Waals surface area contributed by atoms with Crippen LogP contribution in [-0.2, 0) is 11.3 Å². The number of hydrogen-bond donors (Lipinski definition) is 0. The van der Waals surface area contributed by atoms with Crippen molar-refractivity contribution >= 4 is 34.3 Å². The highest BCUT2D eigenvalue weighted by atomic mass is 35.5. The van der Waals surface area contributed by atoms with Crippen LogP contribution in [0.1, 0.15) is 35.2 Å². The largest absolute Gasteiger partial charge is 0.454 e. The Balaban J connectivity index is 1.36. The Kier molecular flexibility index (Phi) is 7.26. The van der Waals surface area contributed by atoms with Gasteiger partial charge in [-0.05, 0) is 66.9 Å². The molecule has 4 aromatic rings. The zero-order chi connectivity index (χ0) is 27.6. The van der Waals surface area contributed by atoms with Crippen LogP contribution in [0.4, 0.5) is 4.39 Å². The van der Waals surface area contributed by atoms with Gasteiger partial charge in [0.15, 0.2) is 11.5 Å². The molecule has 0 radical (unpaired) electrons. The highest BCUT2D eigenvalue weighted by Gasteiger charge is 2.24. The fourth-order valence-corrected chi connectivity index (χ4v) is 5.44. The lowest BCUT2D eigenvalue weighted by molar-refractivity contribution is -0.127. The molecule has 3 heterocycles. The maximum atomic E-state index is 14.1. The number of aromatic nitrogens is 1. The van der Waals surface area contributed by atoms with Crippen LogP contribution in [0.25, 0.3) is 22.2 Å². The summed E-state index contributed by atoms with van der Waals surface area (Å²) in [6.07, 6.45) is 2.07. The second-order valence-corrected chi connectivity index (χ2v) is 10.4. The summed E-state index contributed by atoms with van der Waals surface area (Å²) in [6, 6.07) is 18.9. The first-order chi connectivity index (χ1) is 19.4. The number of nitrogens with zero attached hydrogens (tertiary/aromatic N) is 3. The highest BCUT2D eigenvalue weighted by molar-refractivity contribution is 6.30. The first-order valence-corrected chi connectivity index (χ1v) is 13.6. The third-order valence-corrected chi connectivity index (χ3v) is 7.49. The molecule has 0 N–H and O–H groups in total. The second kappa shape index (κ2) is 11.1. The number of rotatable bonds is 8. The predicted molar refractivity (Wildman–Crippen MR) is 150 cm³/mol. The lowest BCUT2D eigenvalue weighted by atomic mass is 10.0. The molecule has 0 aliphatic carbocycles. The maximum absolute atomic E-state index is 14.1. The molecule has 0 bridgehead atoms. The summed E-state index contributed by atoms with van der Waals surface area (Å²) in [4.78, 5) is 34.5. The number of benzene rings is 3. The van der Waals surface area contributed by atoms with Gasteiger partial charge >= 0.3 is 0 Å². The van der Waals surface area contributed by atoms with Crippen molar-refractivity contribution in [2.45, 2.75) is 25.8 Å². The quantitative estimate of drug-likeness (QED) is 0.262. The van der Waals surface area contributed by atoms with Crippen molar-refractivity contribution in [3.8, 4) is 22.8 Å². The standard InChI is InChI=1S/C31H27ClFN3O4/c32-24-5-1-4-21(15-24)30-23(14-20-7-9-25(33)17-26(20)34-30)18-36(13-3-12-35-11-2-6-29(35)37)31(38)22-8-10-27-28(16-22)40-19-39-27/h1,4-5,7-10,14-17H,2-3,6,11-13,18-19H2. The van der Waals surface area contributed by atoms with Gasteiger partial charge < -0.3 is 19.3 Å². The lowest BCUT2D eigenvalue weighted by Crippen LogP contribution is -2.34. The Morgan fingerprint density at radius 2 is 1.93 bits per heavy atom. The first kappa shape index (κ1) is 26.1. The molecule has 204 valence electrons. The average molecular weight is 560 g/mol. The minimum absolute atomic E-state index is 0.118. The average Bonchev–Trinajstić information content (AvgIpc) is 3.60. The first-order valence-electron chi connectivity index (χ1n) is 13.3. The Morgan fingerprint density at radius 3 is 2.75 bits per heavy atom. The minimum atomic E-state index is -0.374. The van der Waals surface area contributed by atoms with E-state index in [-0.39, 0.29) is 31.0 Å². The molecule has 6 rings (SSSR count). The molecule has 7 nitrogen and oxygen atoms in total. The van der Waals surface area contributed by atoms with Crippen molar-refractivity contribution in [1.29, 1.82) is 0 Å². The number of pyridine rings is 1. The van der Waals surface area contributed by atoms with E-state index in [1.807, 2.05) is 29.2 Å². The maximum Gasteiger partial charge on any atom is 0.254 e. The van der Waals surface area contributed by atoms with Crippen molar-refractivity contribution < 1.29 is 23.5 Å². The Morgan fingerprint density at radius 1 is 1.05 bits per heavy atom. The molecule has 2 aliphatic heterocycles. The Labute approximate surface area is 236 Å². The Bertz CT molecular complexity index is 1610. The Hall–Kier alpha value is -4.17. The van der Waals surface area contributed by atoms with Gasteiger partial charge in [-0.15, -0.1) is 0 Å². The van der Waals surface area contributed by atoms with Gasteiger partial charge in [0.1, 0.15) is 5.82 Å². The smallest absolute Gasteiger partial charge is 0.254 e. The molecular formula is C31H27ClFN3O4. The molecule has 1 aromatic heterocycles. The van der Waals surface area contributed by atoms with Gasteiger partial charge in [-0.1, -0.05) is 23.7 Å². The highest BCUT2D eigenvalue weighted by Crippen LogP contribution is 2.34. The van der Waals surface area contributed by atoms with Gasteiger partial charge in [-0.2, -0.15) is 0 Å². The number of amides is 2. The molecule has 0 spiro atoms. The topological polar surface area (TPSA) is 72.0 Å². The van der Waals surface area contributed by atoms with E-state index in [2.05, 4.69) is 0 Å². The fourth-order valence-electron chi connectivity index (χ4n) is 5.25. The van der Waals surface area contributed by atoms with Gasteiger partial charge in [0, 0.05) is 60.2 Å².